The summed E-state index contributed by atoms with van der Waals surface area (Å²) in [6.07, 6.45) is 2.95. The Balaban J connectivity index is 1.39. The number of fused-ring (bicyclic) bond motifs is 1. The molecule has 0 spiro atoms. The zero-order valence-electron chi connectivity index (χ0n) is 26.4. The minimum atomic E-state index is -0.909. The van der Waals surface area contributed by atoms with Crippen molar-refractivity contribution in [3.05, 3.63) is 108 Å². The molecule has 46 heavy (non-hydrogen) atoms. The summed E-state index contributed by atoms with van der Waals surface area (Å²) in [6, 6.07) is 26.2. The van der Waals surface area contributed by atoms with Crippen LogP contribution in [-0.4, -0.2) is 73.5 Å². The Morgan fingerprint density at radius 3 is 1.98 bits per heavy atom. The van der Waals surface area contributed by atoms with E-state index in [2.05, 4.69) is 26.6 Å². The predicted molar refractivity (Wildman–Crippen MR) is 177 cm³/mol. The van der Waals surface area contributed by atoms with Crippen molar-refractivity contribution in [2.24, 2.45) is 5.92 Å². The van der Waals surface area contributed by atoms with E-state index in [0.717, 1.165) is 16.7 Å². The summed E-state index contributed by atoms with van der Waals surface area (Å²) < 4.78 is 0. The highest BCUT2D eigenvalue weighted by molar-refractivity contribution is 5.94. The minimum absolute atomic E-state index is 0.135. The first-order chi connectivity index (χ1) is 22.4. The molecule has 10 nitrogen and oxygen atoms in total. The topological polar surface area (TPSA) is 132 Å². The maximum absolute atomic E-state index is 14.5. The third-order valence-electron chi connectivity index (χ3n) is 9.22. The summed E-state index contributed by atoms with van der Waals surface area (Å²) >= 11 is 0. The van der Waals surface area contributed by atoms with Crippen LogP contribution in [-0.2, 0) is 20.8 Å². The van der Waals surface area contributed by atoms with Crippen molar-refractivity contribution in [3.63, 3.8) is 0 Å². The second-order valence-electron chi connectivity index (χ2n) is 12.1. The van der Waals surface area contributed by atoms with E-state index < -0.39 is 18.1 Å². The van der Waals surface area contributed by atoms with Crippen LogP contribution in [0.3, 0.4) is 0 Å². The van der Waals surface area contributed by atoms with E-state index in [1.165, 1.54) is 7.05 Å². The summed E-state index contributed by atoms with van der Waals surface area (Å²) in [7, 11) is 3.25. The molecule has 5 N–H and O–H groups in total. The van der Waals surface area contributed by atoms with Crippen molar-refractivity contribution in [1.82, 2.24) is 31.5 Å². The summed E-state index contributed by atoms with van der Waals surface area (Å²) in [5.74, 6) is -1.17. The van der Waals surface area contributed by atoms with Gasteiger partial charge in [-0.3, -0.25) is 14.4 Å². The van der Waals surface area contributed by atoms with Crippen LogP contribution in [0.2, 0.25) is 0 Å². The van der Waals surface area contributed by atoms with E-state index in [4.69, 9.17) is 0 Å². The number of amides is 5. The molecule has 3 aromatic rings. The van der Waals surface area contributed by atoms with Gasteiger partial charge in [0, 0.05) is 25.6 Å². The average Bonchev–Trinajstić information content (AvgIpc) is 3.48. The van der Waals surface area contributed by atoms with Crippen LogP contribution < -0.4 is 26.6 Å². The maximum Gasteiger partial charge on any atom is 0.314 e. The fraction of sp³-hybridized carbons (Fsp3) is 0.389. The van der Waals surface area contributed by atoms with E-state index >= 15 is 0 Å². The quantitative estimate of drug-likeness (QED) is 0.224. The van der Waals surface area contributed by atoms with Gasteiger partial charge in [0.05, 0.1) is 12.1 Å². The van der Waals surface area contributed by atoms with Crippen molar-refractivity contribution >= 4 is 23.8 Å². The molecule has 0 aromatic heterocycles. The second kappa shape index (κ2) is 15.5. The molecule has 5 amide bonds. The van der Waals surface area contributed by atoms with E-state index in [1.807, 2.05) is 91.0 Å². The van der Waals surface area contributed by atoms with Crippen LogP contribution in [0.4, 0.5) is 4.79 Å². The van der Waals surface area contributed by atoms with E-state index in [-0.39, 0.29) is 48.3 Å². The van der Waals surface area contributed by atoms with E-state index in [1.54, 1.807) is 11.9 Å². The largest absolute Gasteiger partial charge is 0.343 e. The fourth-order valence-corrected chi connectivity index (χ4v) is 6.72. The Kier molecular flexibility index (Phi) is 11.0. The smallest absolute Gasteiger partial charge is 0.314 e. The zero-order valence-corrected chi connectivity index (χ0v) is 26.4. The highest BCUT2D eigenvalue weighted by Gasteiger charge is 2.48. The summed E-state index contributed by atoms with van der Waals surface area (Å²) in [5, 5.41) is 14.8. The van der Waals surface area contributed by atoms with Gasteiger partial charge in [0.1, 0.15) is 12.1 Å². The predicted octanol–water partition coefficient (Wildman–Crippen LogP) is 2.91. The molecule has 0 aliphatic carbocycles. The summed E-state index contributed by atoms with van der Waals surface area (Å²) in [5.41, 5.74) is 2.88. The molecule has 2 heterocycles. The molecule has 0 bridgehead atoms. The summed E-state index contributed by atoms with van der Waals surface area (Å²) in [6.45, 7) is 0.209. The second-order valence-corrected chi connectivity index (χ2v) is 12.1. The van der Waals surface area contributed by atoms with Gasteiger partial charge in [0.2, 0.25) is 17.7 Å². The average molecular weight is 625 g/mol. The fourth-order valence-electron chi connectivity index (χ4n) is 6.72. The van der Waals surface area contributed by atoms with Gasteiger partial charge in [-0.2, -0.15) is 0 Å². The highest BCUT2D eigenvalue weighted by Crippen LogP contribution is 2.35. The van der Waals surface area contributed by atoms with E-state index in [0.29, 0.717) is 32.1 Å². The molecule has 5 rings (SSSR count). The van der Waals surface area contributed by atoms with Crippen molar-refractivity contribution in [2.45, 2.75) is 62.3 Å². The number of nitrogens with one attached hydrogen (secondary N) is 5. The maximum atomic E-state index is 14.5. The third kappa shape index (κ3) is 7.74. The Hall–Kier alpha value is -4.70. The monoisotopic (exact) mass is 624 g/mol. The lowest BCUT2D eigenvalue weighted by Crippen LogP contribution is -2.59. The Morgan fingerprint density at radius 2 is 1.39 bits per heavy atom. The van der Waals surface area contributed by atoms with Gasteiger partial charge >= 0.3 is 6.03 Å². The molecular weight excluding hydrogens is 580 g/mol. The summed E-state index contributed by atoms with van der Waals surface area (Å²) in [4.78, 5) is 56.1. The number of benzene rings is 3. The first kappa shape index (κ1) is 32.7. The van der Waals surface area contributed by atoms with Crippen molar-refractivity contribution in [3.8, 4) is 0 Å². The van der Waals surface area contributed by atoms with Gasteiger partial charge in [-0.05, 0) is 55.8 Å². The molecule has 0 radical (unpaired) electrons. The molecule has 3 unspecified atom stereocenters. The van der Waals surface area contributed by atoms with Gasteiger partial charge in [-0.15, -0.1) is 0 Å². The number of hydrogen-bond acceptors (Lipinski definition) is 5. The molecule has 5 atom stereocenters. The van der Waals surface area contributed by atoms with Crippen LogP contribution in [0.5, 0.6) is 0 Å². The van der Waals surface area contributed by atoms with Gasteiger partial charge < -0.3 is 31.5 Å². The van der Waals surface area contributed by atoms with Crippen LogP contribution in [0, 0.1) is 5.92 Å². The van der Waals surface area contributed by atoms with Crippen molar-refractivity contribution in [1.29, 1.82) is 0 Å². The van der Waals surface area contributed by atoms with Crippen molar-refractivity contribution in [2.75, 3.05) is 20.6 Å². The standard InChI is InChI=1S/C36H44N6O4/c1-37-29(22-24-12-6-3-7-13-24)33(43)41-32-27(23-39-36(46)38-2)18-19-28-20-21-30(42(28)35(32)45)34(44)40-31(25-14-8-4-9-15-25)26-16-10-5-11-17-26/h3-17,27-32,37H,18-23H2,1-2H3,(H,40,44)(H,41,43)(H2,38,39,46)/t27?,28-,29?,30-,32?/m0/s1. The van der Waals surface area contributed by atoms with Gasteiger partial charge in [-0.25, -0.2) is 4.79 Å². The lowest BCUT2D eigenvalue weighted by atomic mass is 9.92. The van der Waals surface area contributed by atoms with Crippen molar-refractivity contribution < 1.29 is 19.2 Å². The van der Waals surface area contributed by atoms with Crippen LogP contribution >= 0.6 is 0 Å². The first-order valence-corrected chi connectivity index (χ1v) is 16.1. The van der Waals surface area contributed by atoms with Crippen LogP contribution in [0.15, 0.2) is 91.0 Å². The number of urea groups is 1. The van der Waals surface area contributed by atoms with Crippen LogP contribution in [0.25, 0.3) is 0 Å². The molecule has 2 saturated heterocycles. The number of nitrogens with zero attached hydrogens (tertiary/aromatic N) is 1. The molecule has 2 aliphatic rings. The number of carbonyl (C=O) groups excluding carboxylic acids is 4. The van der Waals surface area contributed by atoms with Crippen LogP contribution in [0.1, 0.15) is 48.4 Å². The SMILES string of the molecule is CNC(=O)NCC1CC[C@H]2CC[C@@H](C(=O)NC(c3ccccc3)c3ccccc3)N2C(=O)C1NC(=O)C(Cc1ccccc1)NC. The van der Waals surface area contributed by atoms with Gasteiger partial charge in [-0.1, -0.05) is 91.0 Å². The Morgan fingerprint density at radius 1 is 0.804 bits per heavy atom. The van der Waals surface area contributed by atoms with Gasteiger partial charge in [0.15, 0.2) is 0 Å². The highest BCUT2D eigenvalue weighted by atomic mass is 16.2. The molecule has 2 fully saturated rings. The number of carbonyl (C=O) groups is 4. The molecule has 242 valence electrons. The third-order valence-corrected chi connectivity index (χ3v) is 9.22. The molecule has 3 aromatic carbocycles. The first-order valence-electron chi connectivity index (χ1n) is 16.1. The Bertz CT molecular complexity index is 1430. The molecular formula is C36H44N6O4. The molecule has 0 saturated carbocycles. The van der Waals surface area contributed by atoms with Gasteiger partial charge in [0.25, 0.3) is 0 Å². The number of rotatable bonds is 11. The lowest BCUT2D eigenvalue weighted by molar-refractivity contribution is -0.143. The molecule has 10 heteroatoms. The normalized spacial score (nSPS) is 21.5. The minimum Gasteiger partial charge on any atom is -0.343 e. The Labute approximate surface area is 270 Å². The van der Waals surface area contributed by atoms with E-state index in [9.17, 15) is 19.2 Å². The zero-order chi connectivity index (χ0) is 32.5. The number of hydrogen-bond donors (Lipinski definition) is 5. The molecule has 2 aliphatic heterocycles. The lowest BCUT2D eigenvalue weighted by Gasteiger charge is -2.33. The number of likely N-dealkylation sites (N-methyl/N-ethyl adjacent to an activating group) is 1.